The minimum atomic E-state index is -3.58. The van der Waals surface area contributed by atoms with Crippen molar-refractivity contribution in [1.82, 2.24) is 9.29 Å². The molecule has 2 N–H and O–H groups in total. The van der Waals surface area contributed by atoms with Gasteiger partial charge in [0.25, 0.3) is 0 Å². The second-order valence-corrected chi connectivity index (χ2v) is 7.94. The number of rotatable bonds is 4. The molecule has 0 aliphatic carbocycles. The number of piperidine rings is 1. The number of aliphatic hydroxyl groups excluding tert-OH is 1. The molecule has 2 aromatic rings. The van der Waals surface area contributed by atoms with Gasteiger partial charge in [0, 0.05) is 19.3 Å². The van der Waals surface area contributed by atoms with Gasteiger partial charge in [-0.15, -0.1) is 0 Å². The molecule has 128 valence electrons. The highest BCUT2D eigenvalue weighted by Gasteiger charge is 2.34. The van der Waals surface area contributed by atoms with Crippen LogP contribution >= 0.6 is 0 Å². The maximum absolute atomic E-state index is 12.7. The van der Waals surface area contributed by atoms with Gasteiger partial charge in [-0.2, -0.15) is 4.31 Å². The number of nitrogens with zero attached hydrogens (tertiary/aromatic N) is 2. The van der Waals surface area contributed by atoms with E-state index in [2.05, 4.69) is 10.3 Å². The van der Waals surface area contributed by atoms with E-state index in [4.69, 9.17) is 0 Å². The maximum atomic E-state index is 12.7. The third kappa shape index (κ3) is 3.58. The van der Waals surface area contributed by atoms with Crippen LogP contribution in [0, 0.1) is 6.92 Å². The molecule has 7 heteroatoms. The summed E-state index contributed by atoms with van der Waals surface area (Å²) in [6, 6.07) is 12.0. The third-order valence-corrected chi connectivity index (χ3v) is 6.08. The van der Waals surface area contributed by atoms with E-state index in [1.807, 2.05) is 25.1 Å². The van der Waals surface area contributed by atoms with Gasteiger partial charge in [0.15, 0.2) is 0 Å². The fraction of sp³-hybridized carbons (Fsp3) is 0.353. The van der Waals surface area contributed by atoms with E-state index in [1.54, 1.807) is 30.5 Å². The summed E-state index contributed by atoms with van der Waals surface area (Å²) in [4.78, 5) is 4.44. The number of pyridine rings is 1. The Morgan fingerprint density at radius 3 is 2.58 bits per heavy atom. The number of nitrogens with one attached hydrogen (secondary N) is 1. The van der Waals surface area contributed by atoms with Gasteiger partial charge in [0.1, 0.15) is 5.82 Å². The van der Waals surface area contributed by atoms with Crippen molar-refractivity contribution in [3.05, 3.63) is 54.2 Å². The molecule has 24 heavy (non-hydrogen) atoms. The molecule has 0 saturated carbocycles. The van der Waals surface area contributed by atoms with Crippen LogP contribution in [0.5, 0.6) is 0 Å². The van der Waals surface area contributed by atoms with E-state index in [0.29, 0.717) is 18.8 Å². The first-order valence-corrected chi connectivity index (χ1v) is 9.33. The zero-order chi connectivity index (χ0) is 17.2. The molecule has 1 aromatic carbocycles. The summed E-state index contributed by atoms with van der Waals surface area (Å²) in [6.45, 7) is 2.34. The second kappa shape index (κ2) is 6.88. The number of β-amino-alcohol motifs (C(OH)–C–C–N with tert-alkyl or cyclic N) is 1. The van der Waals surface area contributed by atoms with Gasteiger partial charge in [0.2, 0.25) is 10.0 Å². The maximum Gasteiger partial charge on any atom is 0.243 e. The quantitative estimate of drug-likeness (QED) is 0.878. The second-order valence-electron chi connectivity index (χ2n) is 6.00. The summed E-state index contributed by atoms with van der Waals surface area (Å²) in [6.07, 6.45) is 1.40. The van der Waals surface area contributed by atoms with Gasteiger partial charge in [-0.3, -0.25) is 0 Å². The van der Waals surface area contributed by atoms with E-state index < -0.39 is 16.1 Å². The standard InChI is InChI=1S/C17H21N3O3S/c1-13-5-7-14(8-6-13)24(22,23)20-11-9-15(16(21)12-20)19-17-4-2-3-10-18-17/h2-8,10,15-16,21H,9,11-12H2,1H3,(H,18,19)/t15-,16+/m1/s1. The molecule has 1 aromatic heterocycles. The molecule has 0 bridgehead atoms. The topological polar surface area (TPSA) is 82.5 Å². The van der Waals surface area contributed by atoms with Crippen molar-refractivity contribution in [2.45, 2.75) is 30.4 Å². The third-order valence-electron chi connectivity index (χ3n) is 4.20. The molecule has 6 nitrogen and oxygen atoms in total. The van der Waals surface area contributed by atoms with Crippen LogP contribution in [0.1, 0.15) is 12.0 Å². The Labute approximate surface area is 142 Å². The Morgan fingerprint density at radius 1 is 1.21 bits per heavy atom. The summed E-state index contributed by atoms with van der Waals surface area (Å²) in [5.41, 5.74) is 1.01. The molecule has 1 saturated heterocycles. The van der Waals surface area contributed by atoms with E-state index in [1.165, 1.54) is 4.31 Å². The predicted molar refractivity (Wildman–Crippen MR) is 92.2 cm³/mol. The normalized spacial score (nSPS) is 22.2. The van der Waals surface area contributed by atoms with E-state index >= 15 is 0 Å². The van der Waals surface area contributed by atoms with Crippen LogP contribution in [0.25, 0.3) is 0 Å². The molecular weight excluding hydrogens is 326 g/mol. The van der Waals surface area contributed by atoms with Crippen LogP contribution in [0.15, 0.2) is 53.6 Å². The van der Waals surface area contributed by atoms with Gasteiger partial charge >= 0.3 is 0 Å². The number of hydrogen-bond acceptors (Lipinski definition) is 5. The Kier molecular flexibility index (Phi) is 4.84. The molecular formula is C17H21N3O3S. The van der Waals surface area contributed by atoms with Crippen molar-refractivity contribution in [1.29, 1.82) is 0 Å². The van der Waals surface area contributed by atoms with Gasteiger partial charge < -0.3 is 10.4 Å². The Balaban J connectivity index is 1.69. The fourth-order valence-electron chi connectivity index (χ4n) is 2.79. The number of sulfonamides is 1. The molecule has 2 atom stereocenters. The van der Waals surface area contributed by atoms with E-state index in [-0.39, 0.29) is 17.5 Å². The summed E-state index contributed by atoms with van der Waals surface area (Å²) in [5.74, 6) is 0.677. The molecule has 0 amide bonds. The Morgan fingerprint density at radius 2 is 1.96 bits per heavy atom. The lowest BCUT2D eigenvalue weighted by Gasteiger charge is -2.35. The predicted octanol–water partition coefficient (Wildman–Crippen LogP) is 1.63. The van der Waals surface area contributed by atoms with Crippen molar-refractivity contribution in [2.75, 3.05) is 18.4 Å². The molecule has 2 heterocycles. The van der Waals surface area contributed by atoms with Gasteiger partial charge in [0.05, 0.1) is 17.0 Å². The zero-order valence-electron chi connectivity index (χ0n) is 13.5. The average Bonchev–Trinajstić information content (AvgIpc) is 2.58. The highest BCUT2D eigenvalue weighted by atomic mass is 32.2. The molecule has 1 aliphatic rings. The molecule has 0 spiro atoms. The Hall–Kier alpha value is -1.96. The molecule has 1 aliphatic heterocycles. The summed E-state index contributed by atoms with van der Waals surface area (Å²) >= 11 is 0. The molecule has 0 radical (unpaired) electrons. The summed E-state index contributed by atoms with van der Waals surface area (Å²) in [7, 11) is -3.58. The van der Waals surface area contributed by atoms with Crippen molar-refractivity contribution >= 4 is 15.8 Å². The van der Waals surface area contributed by atoms with E-state index in [0.717, 1.165) is 5.56 Å². The van der Waals surface area contributed by atoms with Crippen molar-refractivity contribution in [3.63, 3.8) is 0 Å². The number of aromatic nitrogens is 1. The SMILES string of the molecule is Cc1ccc(S(=O)(=O)N2CC[C@@H](Nc3ccccn3)[C@@H](O)C2)cc1. The van der Waals surface area contributed by atoms with Gasteiger partial charge in [-0.25, -0.2) is 13.4 Å². The highest BCUT2D eigenvalue weighted by Crippen LogP contribution is 2.23. The first-order valence-electron chi connectivity index (χ1n) is 7.89. The zero-order valence-corrected chi connectivity index (χ0v) is 14.3. The van der Waals surface area contributed by atoms with Crippen LogP contribution in [-0.4, -0.2) is 48.0 Å². The summed E-state index contributed by atoms with van der Waals surface area (Å²) in [5, 5.41) is 13.5. The van der Waals surface area contributed by atoms with Crippen LogP contribution in [-0.2, 0) is 10.0 Å². The number of anilines is 1. The summed E-state index contributed by atoms with van der Waals surface area (Å²) < 4.78 is 26.7. The lowest BCUT2D eigenvalue weighted by Crippen LogP contribution is -2.51. The lowest BCUT2D eigenvalue weighted by atomic mass is 10.0. The number of aliphatic hydroxyl groups is 1. The van der Waals surface area contributed by atoms with Crippen molar-refractivity contribution < 1.29 is 13.5 Å². The lowest BCUT2D eigenvalue weighted by molar-refractivity contribution is 0.0949. The highest BCUT2D eigenvalue weighted by molar-refractivity contribution is 7.89. The monoisotopic (exact) mass is 347 g/mol. The van der Waals surface area contributed by atoms with Crippen LogP contribution in [0.2, 0.25) is 0 Å². The number of aryl methyl sites for hydroxylation is 1. The average molecular weight is 347 g/mol. The molecule has 0 unspecified atom stereocenters. The Bertz CT molecular complexity index is 778. The van der Waals surface area contributed by atoms with Gasteiger partial charge in [-0.1, -0.05) is 23.8 Å². The smallest absolute Gasteiger partial charge is 0.243 e. The minimum Gasteiger partial charge on any atom is -0.390 e. The molecule has 3 rings (SSSR count). The van der Waals surface area contributed by atoms with Crippen LogP contribution in [0.4, 0.5) is 5.82 Å². The van der Waals surface area contributed by atoms with Crippen LogP contribution < -0.4 is 5.32 Å². The van der Waals surface area contributed by atoms with Crippen LogP contribution in [0.3, 0.4) is 0 Å². The van der Waals surface area contributed by atoms with E-state index in [9.17, 15) is 13.5 Å². The molecule has 1 fully saturated rings. The van der Waals surface area contributed by atoms with Crippen molar-refractivity contribution in [2.24, 2.45) is 0 Å². The van der Waals surface area contributed by atoms with Crippen molar-refractivity contribution in [3.8, 4) is 0 Å². The first kappa shape index (κ1) is 16.9. The fourth-order valence-corrected chi connectivity index (χ4v) is 4.26. The minimum absolute atomic E-state index is 0.0701. The largest absolute Gasteiger partial charge is 0.390 e. The first-order chi connectivity index (χ1) is 11.5. The number of benzene rings is 1. The van der Waals surface area contributed by atoms with Gasteiger partial charge in [-0.05, 0) is 37.6 Å². The number of hydrogen-bond donors (Lipinski definition) is 2.